The summed E-state index contributed by atoms with van der Waals surface area (Å²) in [7, 11) is 0. The van der Waals surface area contributed by atoms with Crippen LogP contribution in [0.4, 0.5) is 4.39 Å². The molecule has 1 N–H and O–H groups in total. The third kappa shape index (κ3) is 5.68. The summed E-state index contributed by atoms with van der Waals surface area (Å²) in [5, 5.41) is 3.03. The second-order valence-corrected chi connectivity index (χ2v) is 4.35. The van der Waals surface area contributed by atoms with Crippen LogP contribution in [-0.4, -0.2) is 31.1 Å². The Kier molecular flexibility index (Phi) is 6.63. The van der Waals surface area contributed by atoms with E-state index in [2.05, 4.69) is 23.2 Å². The van der Waals surface area contributed by atoms with Crippen LogP contribution in [0.15, 0.2) is 35.8 Å². The van der Waals surface area contributed by atoms with E-state index in [1.807, 2.05) is 12.2 Å². The second kappa shape index (κ2) is 8.07. The molecule has 0 radical (unpaired) electrons. The number of hydrogen-bond acceptors (Lipinski definition) is 2. The third-order valence-corrected chi connectivity index (χ3v) is 2.81. The van der Waals surface area contributed by atoms with E-state index in [0.717, 1.165) is 39.0 Å². The fourth-order valence-corrected chi connectivity index (χ4v) is 1.80. The van der Waals surface area contributed by atoms with E-state index >= 15 is 0 Å². The van der Waals surface area contributed by atoms with Crippen LogP contribution in [0.25, 0.3) is 0 Å². The molecule has 0 aromatic heterocycles. The molecule has 0 unspecified atom stereocenters. The first-order chi connectivity index (χ1) is 8.24. The van der Waals surface area contributed by atoms with Crippen LogP contribution in [0.3, 0.4) is 0 Å². The van der Waals surface area contributed by atoms with Gasteiger partial charge in [-0.15, -0.1) is 0 Å². The molecule has 1 heterocycles. The van der Waals surface area contributed by atoms with Crippen LogP contribution in [0.1, 0.15) is 26.7 Å². The molecule has 0 aromatic carbocycles. The first kappa shape index (κ1) is 14.0. The van der Waals surface area contributed by atoms with Gasteiger partial charge >= 0.3 is 0 Å². The average Bonchev–Trinajstić information content (AvgIpc) is 2.31. The number of nitrogens with one attached hydrogen (secondary N) is 1. The average molecular weight is 238 g/mol. The lowest BCUT2D eigenvalue weighted by atomic mass is 10.2. The maximum Gasteiger partial charge on any atom is 0.141 e. The summed E-state index contributed by atoms with van der Waals surface area (Å²) in [6.07, 6.45) is 9.51. The van der Waals surface area contributed by atoms with Crippen LogP contribution in [-0.2, 0) is 0 Å². The maximum atomic E-state index is 13.5. The van der Waals surface area contributed by atoms with Crippen LogP contribution in [0.5, 0.6) is 0 Å². The van der Waals surface area contributed by atoms with E-state index in [9.17, 15) is 4.39 Å². The van der Waals surface area contributed by atoms with Crippen LogP contribution < -0.4 is 5.32 Å². The highest BCUT2D eigenvalue weighted by atomic mass is 19.1. The van der Waals surface area contributed by atoms with Gasteiger partial charge in [0.2, 0.25) is 0 Å². The Morgan fingerprint density at radius 2 is 2.24 bits per heavy atom. The second-order valence-electron chi connectivity index (χ2n) is 4.35. The van der Waals surface area contributed by atoms with Crippen molar-refractivity contribution in [2.24, 2.45) is 0 Å². The van der Waals surface area contributed by atoms with E-state index in [0.29, 0.717) is 5.57 Å². The van der Waals surface area contributed by atoms with Crippen LogP contribution >= 0.6 is 0 Å². The molecule has 0 fully saturated rings. The lowest BCUT2D eigenvalue weighted by molar-refractivity contribution is 0.282. The zero-order valence-corrected chi connectivity index (χ0v) is 10.9. The van der Waals surface area contributed by atoms with Gasteiger partial charge in [0.05, 0.1) is 0 Å². The zero-order chi connectivity index (χ0) is 12.5. The highest BCUT2D eigenvalue weighted by Gasteiger charge is 2.02. The van der Waals surface area contributed by atoms with Gasteiger partial charge in [0.1, 0.15) is 5.83 Å². The quantitative estimate of drug-likeness (QED) is 0.795. The summed E-state index contributed by atoms with van der Waals surface area (Å²) in [4.78, 5) is 2.40. The van der Waals surface area contributed by atoms with Crippen molar-refractivity contribution in [3.05, 3.63) is 35.8 Å². The number of allylic oxidation sites excluding steroid dienone is 4. The van der Waals surface area contributed by atoms with Gasteiger partial charge in [-0.05, 0) is 31.9 Å². The van der Waals surface area contributed by atoms with Gasteiger partial charge in [-0.3, -0.25) is 0 Å². The molecule has 1 aliphatic heterocycles. The summed E-state index contributed by atoms with van der Waals surface area (Å²) >= 11 is 0. The molecule has 96 valence electrons. The Hall–Kier alpha value is -1.09. The zero-order valence-electron chi connectivity index (χ0n) is 10.9. The smallest absolute Gasteiger partial charge is 0.141 e. The predicted molar refractivity (Wildman–Crippen MR) is 71.4 cm³/mol. The van der Waals surface area contributed by atoms with Gasteiger partial charge in [-0.2, -0.15) is 0 Å². The Balaban J connectivity index is 2.61. The van der Waals surface area contributed by atoms with Gasteiger partial charge in [-0.25, -0.2) is 4.39 Å². The van der Waals surface area contributed by atoms with Gasteiger partial charge in [0, 0.05) is 25.8 Å². The topological polar surface area (TPSA) is 15.3 Å². The van der Waals surface area contributed by atoms with Gasteiger partial charge in [-0.1, -0.05) is 25.2 Å². The largest absolute Gasteiger partial charge is 0.387 e. The number of nitrogens with zero attached hydrogens (tertiary/aromatic N) is 1. The molecule has 0 amide bonds. The highest BCUT2D eigenvalue weighted by Crippen LogP contribution is 2.09. The van der Waals surface area contributed by atoms with Gasteiger partial charge < -0.3 is 10.2 Å². The standard InChI is InChI=1S/C14H23FN2/c1-3-9-17-10-6-4-5-7-13(2)14(15)12-16-8-11-17/h4-5,7,12,16H,3,6,8-11H2,1-2H3/b5-4-,13-7-,14-12-. The van der Waals surface area contributed by atoms with Crippen molar-refractivity contribution in [1.29, 1.82) is 0 Å². The van der Waals surface area contributed by atoms with Crippen molar-refractivity contribution >= 4 is 0 Å². The van der Waals surface area contributed by atoms with E-state index in [4.69, 9.17) is 0 Å². The molecule has 2 nitrogen and oxygen atoms in total. The van der Waals surface area contributed by atoms with Crippen molar-refractivity contribution in [1.82, 2.24) is 10.2 Å². The fourth-order valence-electron chi connectivity index (χ4n) is 1.80. The molecule has 0 aromatic rings. The molecular formula is C14H23FN2. The Labute approximate surface area is 104 Å². The SMILES string of the molecule is CCCN1CC\C=C/C=C(C)\C(F)=C\NCC1. The first-order valence-electron chi connectivity index (χ1n) is 6.39. The molecule has 0 saturated carbocycles. The molecule has 0 saturated heterocycles. The van der Waals surface area contributed by atoms with E-state index in [1.54, 1.807) is 6.92 Å². The Morgan fingerprint density at radius 1 is 1.41 bits per heavy atom. The monoisotopic (exact) mass is 238 g/mol. The summed E-state index contributed by atoms with van der Waals surface area (Å²) in [5.74, 6) is -0.183. The van der Waals surface area contributed by atoms with Gasteiger partial charge in [0.25, 0.3) is 0 Å². The van der Waals surface area contributed by atoms with Crippen molar-refractivity contribution in [3.63, 3.8) is 0 Å². The molecule has 0 bridgehead atoms. The molecule has 0 atom stereocenters. The fraction of sp³-hybridized carbons (Fsp3) is 0.571. The molecule has 1 aliphatic rings. The van der Waals surface area contributed by atoms with E-state index in [1.165, 1.54) is 6.20 Å². The third-order valence-electron chi connectivity index (χ3n) is 2.81. The molecule has 17 heavy (non-hydrogen) atoms. The van der Waals surface area contributed by atoms with Crippen LogP contribution in [0.2, 0.25) is 0 Å². The van der Waals surface area contributed by atoms with Crippen LogP contribution in [0, 0.1) is 0 Å². The molecule has 0 spiro atoms. The van der Waals surface area contributed by atoms with Crippen molar-refractivity contribution in [2.75, 3.05) is 26.2 Å². The number of hydrogen-bond donors (Lipinski definition) is 1. The summed E-state index contributed by atoms with van der Waals surface area (Å²) in [6, 6.07) is 0. The number of halogens is 1. The number of rotatable bonds is 2. The molecule has 3 heteroatoms. The van der Waals surface area contributed by atoms with Crippen molar-refractivity contribution in [3.8, 4) is 0 Å². The highest BCUT2D eigenvalue weighted by molar-refractivity contribution is 5.26. The summed E-state index contributed by atoms with van der Waals surface area (Å²) < 4.78 is 13.5. The normalized spacial score (nSPS) is 27.7. The van der Waals surface area contributed by atoms with E-state index < -0.39 is 0 Å². The molecule has 0 aliphatic carbocycles. The Morgan fingerprint density at radius 3 is 3.00 bits per heavy atom. The van der Waals surface area contributed by atoms with E-state index in [-0.39, 0.29) is 5.83 Å². The molecular weight excluding hydrogens is 215 g/mol. The molecule has 1 rings (SSSR count). The van der Waals surface area contributed by atoms with Crippen molar-refractivity contribution in [2.45, 2.75) is 26.7 Å². The van der Waals surface area contributed by atoms with Crippen molar-refractivity contribution < 1.29 is 4.39 Å². The minimum atomic E-state index is -0.183. The van der Waals surface area contributed by atoms with Gasteiger partial charge in [0.15, 0.2) is 0 Å². The Bertz CT molecular complexity index is 305. The summed E-state index contributed by atoms with van der Waals surface area (Å²) in [5.41, 5.74) is 0.666. The lowest BCUT2D eigenvalue weighted by Crippen LogP contribution is -2.32. The minimum absolute atomic E-state index is 0.183. The minimum Gasteiger partial charge on any atom is -0.387 e. The first-order valence-corrected chi connectivity index (χ1v) is 6.39. The predicted octanol–water partition coefficient (Wildman–Crippen LogP) is 3.01. The summed E-state index contributed by atoms with van der Waals surface area (Å²) in [6.45, 7) is 7.92. The lowest BCUT2D eigenvalue weighted by Gasteiger charge is -2.21. The maximum absolute atomic E-state index is 13.5.